The second-order valence-corrected chi connectivity index (χ2v) is 4.54. The lowest BCUT2D eigenvalue weighted by Gasteiger charge is -2.07. The predicted molar refractivity (Wildman–Crippen MR) is 64.1 cm³/mol. The molecule has 3 heteroatoms. The topological polar surface area (TPSA) is 26.3 Å². The number of hydrogen-bond donors (Lipinski definition) is 0. The molecule has 2 nitrogen and oxygen atoms in total. The Labute approximate surface area is 101 Å². The first-order valence-electron chi connectivity index (χ1n) is 5.64. The van der Waals surface area contributed by atoms with Crippen molar-refractivity contribution in [3.63, 3.8) is 0 Å². The summed E-state index contributed by atoms with van der Waals surface area (Å²) < 4.78 is 5.46. The summed E-state index contributed by atoms with van der Waals surface area (Å²) in [6, 6.07) is 5.53. The fourth-order valence-electron chi connectivity index (χ4n) is 1.59. The molecule has 0 unspecified atom stereocenters. The Bertz CT molecular complexity index is 397. The molecular weight excluding hydrogens is 224 g/mol. The first kappa shape index (κ1) is 11.5. The molecule has 0 saturated heterocycles. The first-order valence-corrected chi connectivity index (χ1v) is 6.02. The molecule has 0 radical (unpaired) electrons. The number of ether oxygens (including phenoxy) is 1. The molecule has 1 aliphatic rings. The van der Waals surface area contributed by atoms with E-state index in [1.54, 1.807) is 0 Å². The molecule has 16 heavy (non-hydrogen) atoms. The van der Waals surface area contributed by atoms with Gasteiger partial charge in [-0.25, -0.2) is 0 Å². The van der Waals surface area contributed by atoms with Crippen molar-refractivity contribution in [3.05, 3.63) is 28.8 Å². The average Bonchev–Trinajstić information content (AvgIpc) is 3.11. The summed E-state index contributed by atoms with van der Waals surface area (Å²) in [5.74, 6) is 1.21. The van der Waals surface area contributed by atoms with E-state index in [4.69, 9.17) is 16.3 Å². The zero-order valence-electron chi connectivity index (χ0n) is 9.33. The van der Waals surface area contributed by atoms with Gasteiger partial charge in [-0.3, -0.25) is 4.79 Å². The van der Waals surface area contributed by atoms with Gasteiger partial charge in [-0.05, 0) is 43.0 Å². The lowest BCUT2D eigenvalue weighted by molar-refractivity contribution is -0.122. The van der Waals surface area contributed by atoms with E-state index in [-0.39, 0.29) is 18.3 Å². The summed E-state index contributed by atoms with van der Waals surface area (Å²) in [6.45, 7) is 2.23. The molecule has 0 bridgehead atoms. The van der Waals surface area contributed by atoms with Crippen molar-refractivity contribution in [2.45, 2.75) is 26.2 Å². The molecule has 0 atom stereocenters. The molecule has 2 rings (SSSR count). The van der Waals surface area contributed by atoms with Crippen LogP contribution in [-0.2, 0) is 11.2 Å². The van der Waals surface area contributed by atoms with Crippen LogP contribution in [-0.4, -0.2) is 12.4 Å². The summed E-state index contributed by atoms with van der Waals surface area (Å²) in [4.78, 5) is 11.4. The first-order chi connectivity index (χ1) is 7.70. The summed E-state index contributed by atoms with van der Waals surface area (Å²) in [6.07, 6.45) is 2.93. The second kappa shape index (κ2) is 4.88. The summed E-state index contributed by atoms with van der Waals surface area (Å²) >= 11 is 6.00. The van der Waals surface area contributed by atoms with Gasteiger partial charge in [0.15, 0.2) is 5.78 Å². The van der Waals surface area contributed by atoms with E-state index in [0.717, 1.165) is 35.6 Å². The molecule has 0 spiro atoms. The van der Waals surface area contributed by atoms with Crippen LogP contribution in [0.4, 0.5) is 0 Å². The van der Waals surface area contributed by atoms with Crippen molar-refractivity contribution in [2.24, 2.45) is 5.92 Å². The van der Waals surface area contributed by atoms with Crippen molar-refractivity contribution in [1.29, 1.82) is 0 Å². The van der Waals surface area contributed by atoms with Crippen LogP contribution in [0.3, 0.4) is 0 Å². The van der Waals surface area contributed by atoms with Crippen molar-refractivity contribution in [1.82, 2.24) is 0 Å². The number of halogens is 1. The quantitative estimate of drug-likeness (QED) is 0.787. The van der Waals surface area contributed by atoms with Crippen molar-refractivity contribution >= 4 is 17.4 Å². The molecule has 1 fully saturated rings. The summed E-state index contributed by atoms with van der Waals surface area (Å²) in [5, 5.41) is 0.753. The number of rotatable bonds is 5. The third kappa shape index (κ3) is 2.76. The van der Waals surface area contributed by atoms with Gasteiger partial charge in [-0.15, -0.1) is 0 Å². The minimum Gasteiger partial charge on any atom is -0.486 e. The predicted octanol–water partition coefficient (Wildman–Crippen LogP) is 3.26. The van der Waals surface area contributed by atoms with Gasteiger partial charge >= 0.3 is 0 Å². The standard InChI is InChI=1S/C13H15ClO2/c1-2-9-7-11(5-6-12(9)14)16-8-13(15)10-3-4-10/h5-7,10H,2-4,8H2,1H3. The Morgan fingerprint density at radius 1 is 1.50 bits per heavy atom. The molecule has 86 valence electrons. The Balaban J connectivity index is 1.95. The summed E-state index contributed by atoms with van der Waals surface area (Å²) in [5.41, 5.74) is 1.05. The van der Waals surface area contributed by atoms with Crippen LogP contribution in [0.5, 0.6) is 5.75 Å². The van der Waals surface area contributed by atoms with Crippen molar-refractivity contribution in [2.75, 3.05) is 6.61 Å². The SMILES string of the molecule is CCc1cc(OCC(=O)C2CC2)ccc1Cl. The van der Waals surface area contributed by atoms with Crippen LogP contribution in [0.15, 0.2) is 18.2 Å². The maximum atomic E-state index is 11.4. The average molecular weight is 239 g/mol. The van der Waals surface area contributed by atoms with Crippen molar-refractivity contribution in [3.8, 4) is 5.75 Å². The minimum atomic E-state index is 0.190. The zero-order chi connectivity index (χ0) is 11.5. The van der Waals surface area contributed by atoms with E-state index in [0.29, 0.717) is 0 Å². The minimum absolute atomic E-state index is 0.190. The van der Waals surface area contributed by atoms with Gasteiger partial charge in [0.05, 0.1) is 0 Å². The van der Waals surface area contributed by atoms with Gasteiger partial charge in [0.25, 0.3) is 0 Å². The van der Waals surface area contributed by atoms with Crippen LogP contribution in [0, 0.1) is 5.92 Å². The molecule has 0 aromatic heterocycles. The zero-order valence-corrected chi connectivity index (χ0v) is 10.1. The normalized spacial score (nSPS) is 14.9. The smallest absolute Gasteiger partial charge is 0.173 e. The van der Waals surface area contributed by atoms with Crippen LogP contribution in [0.2, 0.25) is 5.02 Å². The largest absolute Gasteiger partial charge is 0.486 e. The molecule has 0 heterocycles. The highest BCUT2D eigenvalue weighted by atomic mass is 35.5. The number of benzene rings is 1. The summed E-state index contributed by atoms with van der Waals surface area (Å²) in [7, 11) is 0. The molecule has 1 aliphatic carbocycles. The second-order valence-electron chi connectivity index (χ2n) is 4.14. The molecule has 0 aliphatic heterocycles. The van der Waals surface area contributed by atoms with Crippen LogP contribution >= 0.6 is 11.6 Å². The molecule has 1 aromatic carbocycles. The number of hydrogen-bond acceptors (Lipinski definition) is 2. The Kier molecular flexibility index (Phi) is 3.49. The maximum Gasteiger partial charge on any atom is 0.173 e. The van der Waals surface area contributed by atoms with Crippen LogP contribution in [0.1, 0.15) is 25.3 Å². The number of ketones is 1. The van der Waals surface area contributed by atoms with Crippen molar-refractivity contribution < 1.29 is 9.53 Å². The molecule has 0 N–H and O–H groups in total. The van der Waals surface area contributed by atoms with Gasteiger partial charge < -0.3 is 4.74 Å². The van der Waals surface area contributed by atoms with Gasteiger partial charge in [0.2, 0.25) is 0 Å². The van der Waals surface area contributed by atoms with E-state index >= 15 is 0 Å². The lowest BCUT2D eigenvalue weighted by atomic mass is 10.1. The van der Waals surface area contributed by atoms with Gasteiger partial charge in [0.1, 0.15) is 12.4 Å². The Morgan fingerprint density at radius 2 is 2.25 bits per heavy atom. The van der Waals surface area contributed by atoms with E-state index in [2.05, 4.69) is 0 Å². The van der Waals surface area contributed by atoms with Crippen LogP contribution < -0.4 is 4.74 Å². The highest BCUT2D eigenvalue weighted by Gasteiger charge is 2.29. The molecule has 1 aromatic rings. The number of aryl methyl sites for hydroxylation is 1. The third-order valence-electron chi connectivity index (χ3n) is 2.81. The van der Waals surface area contributed by atoms with E-state index < -0.39 is 0 Å². The van der Waals surface area contributed by atoms with Crippen LogP contribution in [0.25, 0.3) is 0 Å². The lowest BCUT2D eigenvalue weighted by Crippen LogP contribution is -2.12. The molecule has 0 amide bonds. The fourth-order valence-corrected chi connectivity index (χ4v) is 1.84. The highest BCUT2D eigenvalue weighted by Crippen LogP contribution is 2.30. The number of carbonyl (C=O) groups excluding carboxylic acids is 1. The van der Waals surface area contributed by atoms with Gasteiger partial charge in [-0.1, -0.05) is 18.5 Å². The third-order valence-corrected chi connectivity index (χ3v) is 3.18. The molecule has 1 saturated carbocycles. The van der Waals surface area contributed by atoms with E-state index in [1.807, 2.05) is 25.1 Å². The molecular formula is C13H15ClO2. The Hall–Kier alpha value is -1.02. The van der Waals surface area contributed by atoms with E-state index in [9.17, 15) is 4.79 Å². The highest BCUT2D eigenvalue weighted by molar-refractivity contribution is 6.31. The fraction of sp³-hybridized carbons (Fsp3) is 0.462. The maximum absolute atomic E-state index is 11.4. The number of Topliss-reactive ketones (excluding diaryl/α,β-unsaturated/α-hetero) is 1. The Morgan fingerprint density at radius 3 is 2.88 bits per heavy atom. The monoisotopic (exact) mass is 238 g/mol. The van der Waals surface area contributed by atoms with E-state index in [1.165, 1.54) is 0 Å². The number of carbonyl (C=O) groups is 1. The van der Waals surface area contributed by atoms with Gasteiger partial charge in [-0.2, -0.15) is 0 Å². The van der Waals surface area contributed by atoms with Gasteiger partial charge in [0, 0.05) is 10.9 Å².